The third kappa shape index (κ3) is 1.68. The zero-order valence-corrected chi connectivity index (χ0v) is 12.6. The summed E-state index contributed by atoms with van der Waals surface area (Å²) in [6.07, 6.45) is 5.29. The first kappa shape index (κ1) is 13.1. The monoisotopic (exact) mass is 282 g/mol. The molecule has 0 aromatic heterocycles. The summed E-state index contributed by atoms with van der Waals surface area (Å²) in [5.74, 6) is 1.98. The maximum absolute atomic E-state index is 12.5. The van der Waals surface area contributed by atoms with Crippen molar-refractivity contribution < 1.29 is 9.90 Å². The molecule has 2 saturated carbocycles. The van der Waals surface area contributed by atoms with Crippen molar-refractivity contribution in [3.05, 3.63) is 41.5 Å². The minimum atomic E-state index is 0.204. The molecule has 0 heterocycles. The first-order valence-electron chi connectivity index (χ1n) is 8.05. The van der Waals surface area contributed by atoms with Crippen molar-refractivity contribution in [3.63, 3.8) is 0 Å². The fourth-order valence-electron chi connectivity index (χ4n) is 5.30. The van der Waals surface area contributed by atoms with Crippen LogP contribution >= 0.6 is 0 Å². The Labute approximate surface area is 125 Å². The Kier molecular flexibility index (Phi) is 2.64. The molecule has 0 saturated heterocycles. The Hall–Kier alpha value is -1.57. The van der Waals surface area contributed by atoms with Crippen LogP contribution in [0.2, 0.25) is 0 Å². The van der Waals surface area contributed by atoms with Gasteiger partial charge in [-0.3, -0.25) is 4.79 Å². The van der Waals surface area contributed by atoms with Crippen LogP contribution in [0.5, 0.6) is 5.75 Å². The van der Waals surface area contributed by atoms with Gasteiger partial charge in [0.25, 0.3) is 0 Å². The predicted octanol–water partition coefficient (Wildman–Crippen LogP) is 4.44. The third-order valence-electron chi connectivity index (χ3n) is 6.55. The van der Waals surface area contributed by atoms with Gasteiger partial charge >= 0.3 is 0 Å². The van der Waals surface area contributed by atoms with Gasteiger partial charge in [-0.25, -0.2) is 0 Å². The maximum atomic E-state index is 12.5. The first-order chi connectivity index (χ1) is 10.0. The summed E-state index contributed by atoms with van der Waals surface area (Å²) in [5, 5.41) is 9.66. The molecule has 110 valence electrons. The average Bonchev–Trinajstić information content (AvgIpc) is 2.76. The molecule has 2 nitrogen and oxygen atoms in total. The Balaban J connectivity index is 1.78. The Morgan fingerprint density at radius 1 is 1.33 bits per heavy atom. The molecule has 3 aliphatic rings. The van der Waals surface area contributed by atoms with E-state index in [-0.39, 0.29) is 16.9 Å². The number of ketones is 1. The zero-order chi connectivity index (χ0) is 14.8. The SMILES string of the molecule is C=C1CCC2C3CC(=O)c4cc(O)ccc4C3CC[C@]12C. The predicted molar refractivity (Wildman–Crippen MR) is 82.5 cm³/mol. The topological polar surface area (TPSA) is 37.3 Å². The summed E-state index contributed by atoms with van der Waals surface area (Å²) in [6.45, 7) is 6.67. The van der Waals surface area contributed by atoms with E-state index in [1.165, 1.54) is 24.0 Å². The van der Waals surface area contributed by atoms with E-state index in [1.54, 1.807) is 12.1 Å². The van der Waals surface area contributed by atoms with Crippen LogP contribution in [0.4, 0.5) is 0 Å². The highest BCUT2D eigenvalue weighted by molar-refractivity contribution is 5.99. The van der Waals surface area contributed by atoms with E-state index in [0.29, 0.717) is 24.2 Å². The standard InChI is InChI=1S/C19H22O2/c1-11-3-6-17-15-10-18(21)16-9-12(20)4-5-13(16)14(15)7-8-19(11,17)2/h4-5,9,14-15,17,20H,1,3,6-8,10H2,2H3/t14?,15?,17?,19-/m1/s1. The number of rotatable bonds is 0. The second kappa shape index (κ2) is 4.22. The van der Waals surface area contributed by atoms with Crippen LogP contribution in [0, 0.1) is 17.3 Å². The second-order valence-corrected chi connectivity index (χ2v) is 7.37. The largest absolute Gasteiger partial charge is 0.508 e. The highest BCUT2D eigenvalue weighted by atomic mass is 16.3. The number of fused-ring (bicyclic) bond motifs is 5. The van der Waals surface area contributed by atoms with Gasteiger partial charge in [0, 0.05) is 12.0 Å². The van der Waals surface area contributed by atoms with E-state index in [9.17, 15) is 9.90 Å². The van der Waals surface area contributed by atoms with Crippen LogP contribution in [0.25, 0.3) is 0 Å². The van der Waals surface area contributed by atoms with Gasteiger partial charge in [-0.2, -0.15) is 0 Å². The number of Topliss-reactive ketones (excluding diaryl/α,β-unsaturated/α-hetero) is 1. The van der Waals surface area contributed by atoms with Gasteiger partial charge in [-0.05, 0) is 66.5 Å². The lowest BCUT2D eigenvalue weighted by Gasteiger charge is -2.49. The van der Waals surface area contributed by atoms with Crippen molar-refractivity contribution in [2.75, 3.05) is 0 Å². The molecule has 1 N–H and O–H groups in total. The molecule has 0 aliphatic heterocycles. The minimum Gasteiger partial charge on any atom is -0.508 e. The highest BCUT2D eigenvalue weighted by Crippen LogP contribution is 2.62. The van der Waals surface area contributed by atoms with Gasteiger partial charge in [-0.15, -0.1) is 0 Å². The van der Waals surface area contributed by atoms with E-state index < -0.39 is 0 Å². The van der Waals surface area contributed by atoms with Gasteiger partial charge in [-0.1, -0.05) is 25.1 Å². The Morgan fingerprint density at radius 2 is 2.14 bits per heavy atom. The van der Waals surface area contributed by atoms with Crippen molar-refractivity contribution in [2.24, 2.45) is 17.3 Å². The summed E-state index contributed by atoms with van der Waals surface area (Å²) in [5.41, 5.74) is 3.58. The molecule has 1 aromatic rings. The molecule has 3 aliphatic carbocycles. The van der Waals surface area contributed by atoms with Crippen LogP contribution in [0.1, 0.15) is 60.9 Å². The van der Waals surface area contributed by atoms with Crippen molar-refractivity contribution in [1.29, 1.82) is 0 Å². The smallest absolute Gasteiger partial charge is 0.163 e. The minimum absolute atomic E-state index is 0.204. The van der Waals surface area contributed by atoms with Crippen LogP contribution in [0.3, 0.4) is 0 Å². The maximum Gasteiger partial charge on any atom is 0.163 e. The van der Waals surface area contributed by atoms with Crippen molar-refractivity contribution in [2.45, 2.75) is 44.9 Å². The molecule has 0 bridgehead atoms. The van der Waals surface area contributed by atoms with Gasteiger partial charge < -0.3 is 5.11 Å². The molecule has 21 heavy (non-hydrogen) atoms. The molecule has 1 aromatic carbocycles. The van der Waals surface area contributed by atoms with Crippen molar-refractivity contribution >= 4 is 5.78 Å². The lowest BCUT2D eigenvalue weighted by molar-refractivity contribution is 0.0654. The van der Waals surface area contributed by atoms with Crippen molar-refractivity contribution in [1.82, 2.24) is 0 Å². The van der Waals surface area contributed by atoms with E-state index >= 15 is 0 Å². The molecular weight excluding hydrogens is 260 g/mol. The quantitative estimate of drug-likeness (QED) is 0.714. The van der Waals surface area contributed by atoms with Gasteiger partial charge in [0.05, 0.1) is 0 Å². The fourth-order valence-corrected chi connectivity index (χ4v) is 5.30. The normalized spacial score (nSPS) is 37.9. The van der Waals surface area contributed by atoms with E-state index in [4.69, 9.17) is 0 Å². The van der Waals surface area contributed by atoms with Gasteiger partial charge in [0.2, 0.25) is 0 Å². The number of phenols is 1. The molecule has 0 spiro atoms. The number of aromatic hydroxyl groups is 1. The molecule has 4 rings (SSSR count). The highest BCUT2D eigenvalue weighted by Gasteiger charge is 2.53. The van der Waals surface area contributed by atoms with Crippen LogP contribution in [0.15, 0.2) is 30.4 Å². The number of hydrogen-bond donors (Lipinski definition) is 1. The summed E-state index contributed by atoms with van der Waals surface area (Å²) in [6, 6.07) is 5.37. The Bertz CT molecular complexity index is 645. The van der Waals surface area contributed by atoms with Crippen LogP contribution < -0.4 is 0 Å². The molecule has 3 unspecified atom stereocenters. The molecule has 4 atom stereocenters. The summed E-state index contributed by atoms with van der Waals surface area (Å²) < 4.78 is 0. The fraction of sp³-hybridized carbons (Fsp3) is 0.526. The number of hydrogen-bond acceptors (Lipinski definition) is 2. The van der Waals surface area contributed by atoms with Crippen molar-refractivity contribution in [3.8, 4) is 5.75 Å². The number of allylic oxidation sites excluding steroid dienone is 1. The molecule has 2 heteroatoms. The molecule has 2 fully saturated rings. The van der Waals surface area contributed by atoms with Gasteiger partial charge in [0.15, 0.2) is 5.78 Å². The summed E-state index contributed by atoms with van der Waals surface area (Å²) in [4.78, 5) is 12.5. The Morgan fingerprint density at radius 3 is 2.95 bits per heavy atom. The van der Waals surface area contributed by atoms with Crippen LogP contribution in [-0.4, -0.2) is 10.9 Å². The molecule has 0 radical (unpaired) electrons. The first-order valence-corrected chi connectivity index (χ1v) is 8.05. The van der Waals surface area contributed by atoms with E-state index in [2.05, 4.69) is 13.5 Å². The summed E-state index contributed by atoms with van der Waals surface area (Å²) in [7, 11) is 0. The number of benzene rings is 1. The van der Waals surface area contributed by atoms with Crippen LogP contribution in [-0.2, 0) is 0 Å². The average molecular weight is 282 g/mol. The third-order valence-corrected chi connectivity index (χ3v) is 6.55. The molecular formula is C19H22O2. The van der Waals surface area contributed by atoms with E-state index in [0.717, 1.165) is 18.4 Å². The number of carbonyl (C=O) groups is 1. The van der Waals surface area contributed by atoms with Gasteiger partial charge in [0.1, 0.15) is 5.75 Å². The molecule has 0 amide bonds. The summed E-state index contributed by atoms with van der Waals surface area (Å²) >= 11 is 0. The number of phenolic OH excluding ortho intramolecular Hbond substituents is 1. The van der Waals surface area contributed by atoms with E-state index in [1.807, 2.05) is 6.07 Å². The zero-order valence-electron chi connectivity index (χ0n) is 12.6. The number of carbonyl (C=O) groups excluding carboxylic acids is 1. The lowest BCUT2D eigenvalue weighted by Crippen LogP contribution is -2.41. The lowest BCUT2D eigenvalue weighted by atomic mass is 9.55. The second-order valence-electron chi connectivity index (χ2n) is 7.37.